The van der Waals surface area contributed by atoms with Crippen LogP contribution >= 0.6 is 34.8 Å². The van der Waals surface area contributed by atoms with Crippen LogP contribution < -0.4 is 5.32 Å². The molecule has 15 heavy (non-hydrogen) atoms. The number of rotatable bonds is 4. The van der Waals surface area contributed by atoms with Gasteiger partial charge in [0.05, 0.1) is 20.8 Å². The molecule has 1 fully saturated rings. The fourth-order valence-corrected chi connectivity index (χ4v) is 2.09. The van der Waals surface area contributed by atoms with E-state index in [0.29, 0.717) is 15.1 Å². The summed E-state index contributed by atoms with van der Waals surface area (Å²) in [7, 11) is 0. The number of hydrogen-bond donors (Lipinski definition) is 1. The molecule has 0 spiro atoms. The zero-order valence-electron chi connectivity index (χ0n) is 8.19. The highest BCUT2D eigenvalue weighted by Crippen LogP contribution is 2.34. The molecule has 82 valence electrons. The molecule has 1 nitrogen and oxygen atoms in total. The van der Waals surface area contributed by atoms with E-state index in [-0.39, 0.29) is 0 Å². The van der Waals surface area contributed by atoms with Crippen molar-refractivity contribution in [1.29, 1.82) is 0 Å². The molecule has 0 saturated heterocycles. The average molecular weight is 265 g/mol. The summed E-state index contributed by atoms with van der Waals surface area (Å²) in [6, 6.07) is 3.45. The van der Waals surface area contributed by atoms with Crippen LogP contribution in [0.15, 0.2) is 12.1 Å². The number of nitrogens with one attached hydrogen (secondary N) is 1. The van der Waals surface area contributed by atoms with E-state index in [1.807, 2.05) is 0 Å². The summed E-state index contributed by atoms with van der Waals surface area (Å²) < 4.78 is 0. The van der Waals surface area contributed by atoms with Crippen LogP contribution in [0.1, 0.15) is 19.3 Å². The van der Waals surface area contributed by atoms with Crippen LogP contribution in [-0.4, -0.2) is 6.54 Å². The Labute approximate surface area is 105 Å². The van der Waals surface area contributed by atoms with E-state index in [1.54, 1.807) is 12.1 Å². The zero-order chi connectivity index (χ0) is 10.8. The summed E-state index contributed by atoms with van der Waals surface area (Å²) >= 11 is 17.8. The fraction of sp³-hybridized carbons (Fsp3) is 0.455. The molecule has 2 rings (SSSR count). The van der Waals surface area contributed by atoms with E-state index in [1.165, 1.54) is 19.3 Å². The van der Waals surface area contributed by atoms with Gasteiger partial charge in [-0.15, -0.1) is 0 Å². The molecule has 0 bridgehead atoms. The van der Waals surface area contributed by atoms with Crippen LogP contribution in [0, 0.1) is 5.92 Å². The van der Waals surface area contributed by atoms with Crippen LogP contribution in [0.2, 0.25) is 15.1 Å². The van der Waals surface area contributed by atoms with E-state index in [0.717, 1.165) is 18.2 Å². The number of benzene rings is 1. The molecule has 0 atom stereocenters. The van der Waals surface area contributed by atoms with E-state index < -0.39 is 0 Å². The molecular formula is C11H12Cl3N. The Morgan fingerprint density at radius 3 is 2.40 bits per heavy atom. The maximum absolute atomic E-state index is 6.03. The molecule has 0 amide bonds. The lowest BCUT2D eigenvalue weighted by Crippen LogP contribution is -2.02. The molecule has 1 N–H and O–H groups in total. The standard InChI is InChI=1S/C11H12Cl3N/c12-8-5-10(14)11(6-9(8)13)15-4-3-7-1-2-7/h5-7,15H,1-4H2. The van der Waals surface area contributed by atoms with Gasteiger partial charge < -0.3 is 5.32 Å². The van der Waals surface area contributed by atoms with Crippen molar-refractivity contribution in [2.45, 2.75) is 19.3 Å². The predicted molar refractivity (Wildman–Crippen MR) is 67.3 cm³/mol. The molecule has 0 radical (unpaired) electrons. The summed E-state index contributed by atoms with van der Waals surface area (Å²) in [6.45, 7) is 0.947. The van der Waals surface area contributed by atoms with Gasteiger partial charge in [0.25, 0.3) is 0 Å². The minimum absolute atomic E-state index is 0.495. The van der Waals surface area contributed by atoms with Crippen molar-refractivity contribution in [1.82, 2.24) is 0 Å². The summed E-state index contributed by atoms with van der Waals surface area (Å²) in [5.41, 5.74) is 0.867. The monoisotopic (exact) mass is 263 g/mol. The molecule has 0 aliphatic heterocycles. The molecule has 1 aliphatic rings. The number of anilines is 1. The first-order valence-electron chi connectivity index (χ1n) is 5.05. The van der Waals surface area contributed by atoms with Gasteiger partial charge in [-0.3, -0.25) is 0 Å². The maximum atomic E-state index is 6.03. The van der Waals surface area contributed by atoms with E-state index in [4.69, 9.17) is 34.8 Å². The largest absolute Gasteiger partial charge is 0.384 e. The second kappa shape index (κ2) is 4.82. The predicted octanol–water partition coefficient (Wildman–Crippen LogP) is 4.86. The molecular weight excluding hydrogens is 252 g/mol. The quantitative estimate of drug-likeness (QED) is 0.766. The Hall–Kier alpha value is -0.110. The molecule has 1 aromatic rings. The highest BCUT2D eigenvalue weighted by atomic mass is 35.5. The third-order valence-corrected chi connectivity index (χ3v) is 3.61. The van der Waals surface area contributed by atoms with Gasteiger partial charge in [-0.05, 0) is 24.5 Å². The number of hydrogen-bond acceptors (Lipinski definition) is 1. The van der Waals surface area contributed by atoms with Gasteiger partial charge in [-0.2, -0.15) is 0 Å². The molecule has 0 aromatic heterocycles. The summed E-state index contributed by atoms with van der Waals surface area (Å²) in [5.74, 6) is 0.916. The van der Waals surface area contributed by atoms with Gasteiger partial charge >= 0.3 is 0 Å². The minimum atomic E-state index is 0.495. The Bertz CT molecular complexity index is 361. The van der Waals surface area contributed by atoms with Gasteiger partial charge in [0.1, 0.15) is 0 Å². The molecule has 4 heteroatoms. The van der Waals surface area contributed by atoms with Crippen LogP contribution in [0.3, 0.4) is 0 Å². The van der Waals surface area contributed by atoms with Gasteiger partial charge in [-0.25, -0.2) is 0 Å². The zero-order valence-corrected chi connectivity index (χ0v) is 10.5. The Morgan fingerprint density at radius 2 is 1.73 bits per heavy atom. The molecule has 1 aliphatic carbocycles. The first kappa shape index (κ1) is 11.4. The van der Waals surface area contributed by atoms with E-state index >= 15 is 0 Å². The van der Waals surface area contributed by atoms with Gasteiger partial charge in [0.2, 0.25) is 0 Å². The van der Waals surface area contributed by atoms with Gasteiger partial charge in [0.15, 0.2) is 0 Å². The van der Waals surface area contributed by atoms with Crippen molar-refractivity contribution in [2.24, 2.45) is 5.92 Å². The smallest absolute Gasteiger partial charge is 0.0653 e. The average Bonchev–Trinajstić information content (AvgIpc) is 2.97. The van der Waals surface area contributed by atoms with Crippen molar-refractivity contribution in [3.05, 3.63) is 27.2 Å². The van der Waals surface area contributed by atoms with E-state index in [9.17, 15) is 0 Å². The summed E-state index contributed by atoms with van der Waals surface area (Å²) in [5, 5.41) is 4.93. The first-order valence-corrected chi connectivity index (χ1v) is 6.18. The van der Waals surface area contributed by atoms with Crippen molar-refractivity contribution >= 4 is 40.5 Å². The molecule has 1 aromatic carbocycles. The van der Waals surface area contributed by atoms with Gasteiger partial charge in [0, 0.05) is 6.54 Å². The number of halogens is 3. The van der Waals surface area contributed by atoms with Crippen LogP contribution in [-0.2, 0) is 0 Å². The topological polar surface area (TPSA) is 12.0 Å². The molecule has 1 saturated carbocycles. The lowest BCUT2D eigenvalue weighted by Gasteiger charge is -2.09. The SMILES string of the molecule is Clc1cc(Cl)c(NCCC2CC2)cc1Cl. The highest BCUT2D eigenvalue weighted by Gasteiger charge is 2.20. The maximum Gasteiger partial charge on any atom is 0.0653 e. The van der Waals surface area contributed by atoms with Crippen molar-refractivity contribution in [2.75, 3.05) is 11.9 Å². The Kier molecular flexibility index (Phi) is 3.65. The molecule has 0 unspecified atom stereocenters. The Morgan fingerprint density at radius 1 is 1.07 bits per heavy atom. The molecule has 0 heterocycles. The van der Waals surface area contributed by atoms with Crippen molar-refractivity contribution < 1.29 is 0 Å². The first-order chi connectivity index (χ1) is 7.16. The normalized spacial score (nSPS) is 15.4. The fourth-order valence-electron chi connectivity index (χ4n) is 1.48. The van der Waals surface area contributed by atoms with E-state index in [2.05, 4.69) is 5.32 Å². The summed E-state index contributed by atoms with van der Waals surface area (Å²) in [4.78, 5) is 0. The van der Waals surface area contributed by atoms with Gasteiger partial charge in [-0.1, -0.05) is 47.6 Å². The Balaban J connectivity index is 1.96. The summed E-state index contributed by atoms with van der Waals surface area (Å²) in [6.07, 6.45) is 3.95. The lowest BCUT2D eigenvalue weighted by molar-refractivity contribution is 0.760. The highest BCUT2D eigenvalue weighted by molar-refractivity contribution is 6.44. The van der Waals surface area contributed by atoms with Crippen LogP contribution in [0.5, 0.6) is 0 Å². The van der Waals surface area contributed by atoms with Crippen molar-refractivity contribution in [3.63, 3.8) is 0 Å². The minimum Gasteiger partial charge on any atom is -0.384 e. The third-order valence-electron chi connectivity index (χ3n) is 2.57. The lowest BCUT2D eigenvalue weighted by atomic mass is 10.2. The van der Waals surface area contributed by atoms with Crippen LogP contribution in [0.4, 0.5) is 5.69 Å². The van der Waals surface area contributed by atoms with Crippen LogP contribution in [0.25, 0.3) is 0 Å². The second-order valence-corrected chi connectivity index (χ2v) is 5.13. The third kappa shape index (κ3) is 3.17. The second-order valence-electron chi connectivity index (χ2n) is 3.90. The van der Waals surface area contributed by atoms with Crippen molar-refractivity contribution in [3.8, 4) is 0 Å².